The molecule has 0 saturated carbocycles. The Morgan fingerprint density at radius 1 is 0.472 bits per heavy atom. The lowest BCUT2D eigenvalue weighted by atomic mass is 10.0. The number of carbonyl (C=O) groups excluding carboxylic acids is 1. The lowest BCUT2D eigenvalue weighted by molar-refractivity contribution is -0.877. The maximum atomic E-state index is 10.2. The first-order valence-electron chi connectivity index (χ1n) is 16.6. The molecular formula is C33H69NO2. The molecule has 0 aliphatic heterocycles. The highest BCUT2D eigenvalue weighted by Crippen LogP contribution is 2.13. The molecule has 0 bridgehead atoms. The Morgan fingerprint density at radius 2 is 0.750 bits per heavy atom. The van der Waals surface area contributed by atoms with Gasteiger partial charge in [-0.25, -0.2) is 0 Å². The predicted octanol–water partition coefficient (Wildman–Crippen LogP) is 8.44. The summed E-state index contributed by atoms with van der Waals surface area (Å²) in [7, 11) is 2.30. The topological polar surface area (TPSA) is 44.6 Å². The predicted molar refractivity (Wildman–Crippen MR) is 159 cm³/mol. The van der Waals surface area contributed by atoms with Gasteiger partial charge in [-0.3, -0.25) is 0 Å². The summed E-state index contributed by atoms with van der Waals surface area (Å²) in [6, 6.07) is 0. The fourth-order valence-electron chi connectivity index (χ4n) is 4.73. The van der Waals surface area contributed by atoms with Crippen LogP contribution in [-0.4, -0.2) is 26.1 Å². The van der Waals surface area contributed by atoms with E-state index < -0.39 is 5.97 Å². The van der Waals surface area contributed by atoms with Crippen LogP contribution in [0.4, 0.5) is 0 Å². The van der Waals surface area contributed by atoms with Crippen LogP contribution in [0.15, 0.2) is 0 Å². The number of carboxylic acid groups (broad SMARTS) is 1. The third-order valence-corrected chi connectivity index (χ3v) is 7.55. The third kappa shape index (κ3) is 38.0. The fraction of sp³-hybridized carbons (Fsp3) is 0.970. The first kappa shape index (κ1) is 37.6. The molecule has 1 unspecified atom stereocenters. The molecule has 0 heterocycles. The zero-order chi connectivity index (χ0) is 27.0. The molecule has 1 atom stereocenters. The zero-order valence-electron chi connectivity index (χ0n) is 25.6. The van der Waals surface area contributed by atoms with Crippen molar-refractivity contribution >= 4 is 5.97 Å². The van der Waals surface area contributed by atoms with Crippen LogP contribution in [-0.2, 0) is 4.79 Å². The molecule has 0 aromatic carbocycles. The van der Waals surface area contributed by atoms with E-state index in [0.717, 1.165) is 12.8 Å². The second-order valence-electron chi connectivity index (χ2n) is 11.3. The van der Waals surface area contributed by atoms with Gasteiger partial charge in [-0.2, -0.15) is 0 Å². The molecule has 0 aliphatic carbocycles. The molecule has 1 N–H and O–H groups in total. The van der Waals surface area contributed by atoms with E-state index in [9.17, 15) is 9.90 Å². The number of quaternary nitrogens is 1. The van der Waals surface area contributed by atoms with E-state index >= 15 is 0 Å². The van der Waals surface area contributed by atoms with Gasteiger partial charge < -0.3 is 14.8 Å². The number of aliphatic carboxylic acids is 1. The number of hydrogen-bond acceptors (Lipinski definition) is 2. The number of rotatable bonds is 28. The second-order valence-corrected chi connectivity index (χ2v) is 11.3. The van der Waals surface area contributed by atoms with Crippen molar-refractivity contribution in [3.05, 3.63) is 0 Å². The van der Waals surface area contributed by atoms with Crippen molar-refractivity contribution in [3.63, 3.8) is 0 Å². The van der Waals surface area contributed by atoms with Crippen LogP contribution in [0.2, 0.25) is 0 Å². The van der Waals surface area contributed by atoms with Gasteiger partial charge >= 0.3 is 0 Å². The van der Waals surface area contributed by atoms with Crippen LogP contribution < -0.4 is 10.0 Å². The SMILES string of the molecule is CCCCCCCCCCCCCCCCCC(=O)[O-].CCCCCCCCCCCC[NH+](C)CC. The Hall–Kier alpha value is -0.570. The molecule has 218 valence electrons. The summed E-state index contributed by atoms with van der Waals surface area (Å²) in [6.07, 6.45) is 34.3. The summed E-state index contributed by atoms with van der Waals surface area (Å²) in [5.74, 6) is -0.903. The van der Waals surface area contributed by atoms with Crippen LogP contribution in [0.1, 0.15) is 188 Å². The average molecular weight is 512 g/mol. The molecule has 0 rings (SSSR count). The summed E-state index contributed by atoms with van der Waals surface area (Å²) < 4.78 is 0. The van der Waals surface area contributed by atoms with Crippen LogP contribution in [0.5, 0.6) is 0 Å². The maximum absolute atomic E-state index is 10.2. The quantitative estimate of drug-likeness (QED) is 0.107. The molecule has 36 heavy (non-hydrogen) atoms. The highest BCUT2D eigenvalue weighted by molar-refractivity contribution is 5.64. The van der Waals surface area contributed by atoms with E-state index in [-0.39, 0.29) is 6.42 Å². The van der Waals surface area contributed by atoms with E-state index in [1.807, 2.05) is 0 Å². The van der Waals surface area contributed by atoms with Crippen LogP contribution in [0, 0.1) is 0 Å². The van der Waals surface area contributed by atoms with Gasteiger partial charge in [0, 0.05) is 5.97 Å². The van der Waals surface area contributed by atoms with Crippen LogP contribution in [0.3, 0.4) is 0 Å². The van der Waals surface area contributed by atoms with E-state index in [1.54, 1.807) is 4.90 Å². The molecule has 0 saturated heterocycles. The number of nitrogens with one attached hydrogen (secondary N) is 1. The summed E-state index contributed by atoms with van der Waals surface area (Å²) in [5, 5.41) is 10.2. The fourth-order valence-corrected chi connectivity index (χ4v) is 4.73. The van der Waals surface area contributed by atoms with Gasteiger partial charge in [-0.1, -0.05) is 155 Å². The van der Waals surface area contributed by atoms with Crippen LogP contribution in [0.25, 0.3) is 0 Å². The van der Waals surface area contributed by atoms with Gasteiger partial charge in [-0.15, -0.1) is 0 Å². The number of unbranched alkanes of at least 4 members (excludes halogenated alkanes) is 23. The van der Waals surface area contributed by atoms with Crippen molar-refractivity contribution in [1.29, 1.82) is 0 Å². The van der Waals surface area contributed by atoms with E-state index in [2.05, 4.69) is 27.8 Å². The highest BCUT2D eigenvalue weighted by atomic mass is 16.4. The number of hydrogen-bond donors (Lipinski definition) is 1. The third-order valence-electron chi connectivity index (χ3n) is 7.55. The van der Waals surface area contributed by atoms with Gasteiger partial charge in [0.1, 0.15) is 0 Å². The van der Waals surface area contributed by atoms with Crippen molar-refractivity contribution in [2.45, 2.75) is 188 Å². The van der Waals surface area contributed by atoms with E-state index in [0.29, 0.717) is 0 Å². The lowest BCUT2D eigenvalue weighted by Gasteiger charge is -2.10. The summed E-state index contributed by atoms with van der Waals surface area (Å²) in [6.45, 7) is 9.47. The Morgan fingerprint density at radius 3 is 1.03 bits per heavy atom. The summed E-state index contributed by atoms with van der Waals surface area (Å²) in [4.78, 5) is 11.9. The zero-order valence-corrected chi connectivity index (χ0v) is 25.6. The maximum Gasteiger partial charge on any atom is 0.0768 e. The molecule has 0 aromatic rings. The van der Waals surface area contributed by atoms with Gasteiger partial charge in [0.2, 0.25) is 0 Å². The number of carbonyl (C=O) groups is 1. The van der Waals surface area contributed by atoms with Crippen molar-refractivity contribution in [2.24, 2.45) is 0 Å². The molecule has 3 nitrogen and oxygen atoms in total. The molecule has 0 aliphatic rings. The molecule has 0 spiro atoms. The molecular weight excluding hydrogens is 442 g/mol. The van der Waals surface area contributed by atoms with Crippen LogP contribution >= 0.6 is 0 Å². The highest BCUT2D eigenvalue weighted by Gasteiger charge is 1.97. The van der Waals surface area contributed by atoms with Gasteiger partial charge in [0.25, 0.3) is 0 Å². The van der Waals surface area contributed by atoms with E-state index in [1.165, 1.54) is 161 Å². The lowest BCUT2D eigenvalue weighted by Crippen LogP contribution is -3.08. The minimum Gasteiger partial charge on any atom is -0.550 e. The first-order valence-corrected chi connectivity index (χ1v) is 16.6. The largest absolute Gasteiger partial charge is 0.550 e. The smallest absolute Gasteiger partial charge is 0.0768 e. The van der Waals surface area contributed by atoms with Crippen molar-refractivity contribution < 1.29 is 14.8 Å². The molecule has 0 fully saturated rings. The van der Waals surface area contributed by atoms with Gasteiger partial charge in [0.05, 0.1) is 20.1 Å². The van der Waals surface area contributed by atoms with Crippen molar-refractivity contribution in [2.75, 3.05) is 20.1 Å². The Labute approximate surface area is 228 Å². The second kappa shape index (κ2) is 34.4. The standard InChI is InChI=1S/C18H36O2.C15H33N/c1-2-3-4-5-6-7-8-9-10-11-12-13-14-15-16-17-18(19)20;1-4-6-7-8-9-10-11-12-13-14-15-16(3)5-2/h2-17H2,1H3,(H,19,20);4-15H2,1-3H3. The molecule has 3 heteroatoms. The molecule has 0 amide bonds. The van der Waals surface area contributed by atoms with Gasteiger partial charge in [0.15, 0.2) is 0 Å². The van der Waals surface area contributed by atoms with Crippen molar-refractivity contribution in [3.8, 4) is 0 Å². The van der Waals surface area contributed by atoms with Gasteiger partial charge in [-0.05, 0) is 32.6 Å². The Kier molecular flexibility index (Phi) is 35.9. The monoisotopic (exact) mass is 512 g/mol. The molecule has 0 aromatic heterocycles. The molecule has 0 radical (unpaired) electrons. The summed E-state index contributed by atoms with van der Waals surface area (Å²) >= 11 is 0. The average Bonchev–Trinajstić information content (AvgIpc) is 2.87. The Balaban J connectivity index is 0. The Bertz CT molecular complexity index is 399. The number of carboxylic acids is 1. The minimum absolute atomic E-state index is 0.234. The van der Waals surface area contributed by atoms with E-state index in [4.69, 9.17) is 0 Å². The first-order chi connectivity index (χ1) is 17.6. The normalized spacial score (nSPS) is 11.8. The minimum atomic E-state index is -0.903. The van der Waals surface area contributed by atoms with Crippen molar-refractivity contribution in [1.82, 2.24) is 0 Å². The summed E-state index contributed by atoms with van der Waals surface area (Å²) in [5.41, 5.74) is 0.